The highest BCUT2D eigenvalue weighted by atomic mass is 32.2. The fourth-order valence-electron chi connectivity index (χ4n) is 3.31. The first-order chi connectivity index (χ1) is 9.03. The van der Waals surface area contributed by atoms with E-state index in [0.717, 1.165) is 19.3 Å². The van der Waals surface area contributed by atoms with E-state index in [9.17, 15) is 8.42 Å². The Morgan fingerprint density at radius 2 is 1.89 bits per heavy atom. The average molecular weight is 279 g/mol. The quantitative estimate of drug-likeness (QED) is 0.920. The van der Waals surface area contributed by atoms with E-state index in [0.29, 0.717) is 23.5 Å². The van der Waals surface area contributed by atoms with Crippen LogP contribution in [0.15, 0.2) is 24.3 Å². The smallest absolute Gasteiger partial charge is 0.151 e. The zero-order chi connectivity index (χ0) is 13.5. The van der Waals surface area contributed by atoms with Crippen LogP contribution >= 0.6 is 0 Å². The average Bonchev–Trinajstić information content (AvgIpc) is 2.64. The number of hydrogen-bond donors (Lipinski definition) is 1. The van der Waals surface area contributed by atoms with Crippen molar-refractivity contribution in [3.8, 4) is 0 Å². The van der Waals surface area contributed by atoms with Crippen molar-refractivity contribution in [2.24, 2.45) is 0 Å². The van der Waals surface area contributed by atoms with Crippen LogP contribution in [-0.2, 0) is 9.84 Å². The van der Waals surface area contributed by atoms with Gasteiger partial charge in [-0.05, 0) is 43.2 Å². The molecular formula is C15H21NO2S. The molecule has 1 heterocycles. The van der Waals surface area contributed by atoms with E-state index in [1.165, 1.54) is 11.1 Å². The Morgan fingerprint density at radius 1 is 1.16 bits per heavy atom. The topological polar surface area (TPSA) is 46.2 Å². The summed E-state index contributed by atoms with van der Waals surface area (Å²) in [6, 6.07) is 9.26. The summed E-state index contributed by atoms with van der Waals surface area (Å²) in [7, 11) is -2.76. The Balaban J connectivity index is 1.53. The molecule has 1 saturated heterocycles. The second-order valence-electron chi connectivity index (χ2n) is 5.99. The van der Waals surface area contributed by atoms with Crippen molar-refractivity contribution in [2.45, 2.75) is 44.2 Å². The SMILES string of the molecule is Cc1ccccc1C1CC(N[C@@H]2CCS(=O)(=O)C2)C1. The normalized spacial score (nSPS) is 33.0. The van der Waals surface area contributed by atoms with E-state index in [1.807, 2.05) is 0 Å². The molecule has 1 aromatic carbocycles. The van der Waals surface area contributed by atoms with Crippen molar-refractivity contribution >= 4 is 9.84 Å². The number of nitrogens with one attached hydrogen (secondary N) is 1. The Kier molecular flexibility index (Phi) is 3.39. The van der Waals surface area contributed by atoms with E-state index in [1.54, 1.807) is 0 Å². The summed E-state index contributed by atoms with van der Waals surface area (Å²) in [4.78, 5) is 0. The molecule has 1 N–H and O–H groups in total. The van der Waals surface area contributed by atoms with Crippen LogP contribution in [0.25, 0.3) is 0 Å². The van der Waals surface area contributed by atoms with Gasteiger partial charge in [-0.25, -0.2) is 8.42 Å². The van der Waals surface area contributed by atoms with Gasteiger partial charge in [-0.15, -0.1) is 0 Å². The van der Waals surface area contributed by atoms with Crippen LogP contribution in [0.5, 0.6) is 0 Å². The zero-order valence-corrected chi connectivity index (χ0v) is 12.1. The predicted octanol–water partition coefficient (Wildman–Crippen LogP) is 2.02. The summed E-state index contributed by atoms with van der Waals surface area (Å²) < 4.78 is 22.8. The summed E-state index contributed by atoms with van der Waals surface area (Å²) in [5, 5.41) is 3.51. The minimum atomic E-state index is -2.76. The Labute approximate surface area is 115 Å². The molecule has 1 aliphatic heterocycles. The van der Waals surface area contributed by atoms with Gasteiger partial charge < -0.3 is 5.32 Å². The first-order valence-electron chi connectivity index (χ1n) is 7.05. The highest BCUT2D eigenvalue weighted by Crippen LogP contribution is 2.38. The Morgan fingerprint density at radius 3 is 2.53 bits per heavy atom. The zero-order valence-electron chi connectivity index (χ0n) is 11.3. The molecule has 1 atom stereocenters. The lowest BCUT2D eigenvalue weighted by Gasteiger charge is -2.38. The summed E-state index contributed by atoms with van der Waals surface area (Å²) >= 11 is 0. The number of hydrogen-bond acceptors (Lipinski definition) is 3. The third-order valence-electron chi connectivity index (χ3n) is 4.47. The number of benzene rings is 1. The first-order valence-corrected chi connectivity index (χ1v) is 8.87. The van der Waals surface area contributed by atoms with Gasteiger partial charge in [0.05, 0.1) is 11.5 Å². The van der Waals surface area contributed by atoms with E-state index < -0.39 is 9.84 Å². The molecular weight excluding hydrogens is 258 g/mol. The molecule has 0 amide bonds. The van der Waals surface area contributed by atoms with Gasteiger partial charge in [-0.2, -0.15) is 0 Å². The molecule has 3 rings (SSSR count). The molecule has 1 saturated carbocycles. The maximum absolute atomic E-state index is 11.4. The van der Waals surface area contributed by atoms with Gasteiger partial charge in [0, 0.05) is 12.1 Å². The molecule has 19 heavy (non-hydrogen) atoms. The third-order valence-corrected chi connectivity index (χ3v) is 6.24. The molecule has 3 nitrogen and oxygen atoms in total. The standard InChI is InChI=1S/C15H21NO2S/c1-11-4-2-3-5-15(11)12-8-14(9-12)16-13-6-7-19(17,18)10-13/h2-5,12-14,16H,6-10H2,1H3/t12?,13-,14?/m1/s1. The molecule has 1 aromatic rings. The van der Waals surface area contributed by atoms with Crippen LogP contribution in [0, 0.1) is 6.92 Å². The van der Waals surface area contributed by atoms with Crippen LogP contribution in [-0.4, -0.2) is 32.0 Å². The maximum atomic E-state index is 11.4. The Hall–Kier alpha value is -0.870. The molecule has 1 aliphatic carbocycles. The van der Waals surface area contributed by atoms with Gasteiger partial charge in [0.15, 0.2) is 9.84 Å². The summed E-state index contributed by atoms with van der Waals surface area (Å²) in [6.45, 7) is 2.17. The first kappa shape index (κ1) is 13.1. The fourth-order valence-corrected chi connectivity index (χ4v) is 5.00. The van der Waals surface area contributed by atoms with Gasteiger partial charge >= 0.3 is 0 Å². The van der Waals surface area contributed by atoms with Crippen molar-refractivity contribution in [1.29, 1.82) is 0 Å². The van der Waals surface area contributed by atoms with Crippen LogP contribution in [0.2, 0.25) is 0 Å². The van der Waals surface area contributed by atoms with Crippen molar-refractivity contribution in [3.63, 3.8) is 0 Å². The third kappa shape index (κ3) is 2.84. The van der Waals surface area contributed by atoms with Crippen molar-refractivity contribution in [2.75, 3.05) is 11.5 Å². The van der Waals surface area contributed by atoms with E-state index in [-0.39, 0.29) is 6.04 Å². The maximum Gasteiger partial charge on any atom is 0.151 e. The van der Waals surface area contributed by atoms with E-state index in [2.05, 4.69) is 36.5 Å². The van der Waals surface area contributed by atoms with Crippen LogP contribution in [0.4, 0.5) is 0 Å². The molecule has 0 aromatic heterocycles. The lowest BCUT2D eigenvalue weighted by Crippen LogP contribution is -2.46. The Bertz CT molecular complexity index is 561. The minimum Gasteiger partial charge on any atom is -0.310 e. The number of rotatable bonds is 3. The second-order valence-corrected chi connectivity index (χ2v) is 8.22. The molecule has 0 unspecified atom stereocenters. The predicted molar refractivity (Wildman–Crippen MR) is 77.1 cm³/mol. The van der Waals surface area contributed by atoms with Crippen molar-refractivity contribution < 1.29 is 8.42 Å². The largest absolute Gasteiger partial charge is 0.310 e. The number of sulfone groups is 1. The molecule has 104 valence electrons. The molecule has 2 aliphatic rings. The fraction of sp³-hybridized carbons (Fsp3) is 0.600. The highest BCUT2D eigenvalue weighted by molar-refractivity contribution is 7.91. The minimum absolute atomic E-state index is 0.188. The monoisotopic (exact) mass is 279 g/mol. The number of aryl methyl sites for hydroxylation is 1. The molecule has 0 bridgehead atoms. The van der Waals surface area contributed by atoms with Gasteiger partial charge in [0.1, 0.15) is 0 Å². The van der Waals surface area contributed by atoms with Crippen molar-refractivity contribution in [3.05, 3.63) is 35.4 Å². The van der Waals surface area contributed by atoms with Gasteiger partial charge in [-0.1, -0.05) is 24.3 Å². The van der Waals surface area contributed by atoms with Gasteiger partial charge in [0.2, 0.25) is 0 Å². The van der Waals surface area contributed by atoms with E-state index >= 15 is 0 Å². The second kappa shape index (κ2) is 4.91. The lowest BCUT2D eigenvalue weighted by atomic mass is 9.74. The molecule has 2 fully saturated rings. The van der Waals surface area contributed by atoms with Gasteiger partial charge in [0.25, 0.3) is 0 Å². The van der Waals surface area contributed by atoms with Gasteiger partial charge in [-0.3, -0.25) is 0 Å². The van der Waals surface area contributed by atoms with Crippen molar-refractivity contribution in [1.82, 2.24) is 5.32 Å². The summed E-state index contributed by atoms with van der Waals surface area (Å²) in [5.41, 5.74) is 2.83. The lowest BCUT2D eigenvalue weighted by molar-refractivity contribution is 0.270. The summed E-state index contributed by atoms with van der Waals surface area (Å²) in [5.74, 6) is 1.34. The van der Waals surface area contributed by atoms with Crippen LogP contribution < -0.4 is 5.32 Å². The van der Waals surface area contributed by atoms with E-state index in [4.69, 9.17) is 0 Å². The molecule has 0 spiro atoms. The van der Waals surface area contributed by atoms with Crippen LogP contribution in [0.1, 0.15) is 36.3 Å². The highest BCUT2D eigenvalue weighted by Gasteiger charge is 2.35. The van der Waals surface area contributed by atoms with Crippen LogP contribution in [0.3, 0.4) is 0 Å². The molecule has 0 radical (unpaired) electrons. The molecule has 4 heteroatoms. The summed E-state index contributed by atoms with van der Waals surface area (Å²) in [6.07, 6.45) is 3.07.